The Morgan fingerprint density at radius 3 is 2.52 bits per heavy atom. The van der Waals surface area contributed by atoms with Gasteiger partial charge in [-0.25, -0.2) is 0 Å². The second kappa shape index (κ2) is 6.01. The minimum Gasteiger partial charge on any atom is -0.331 e. The van der Waals surface area contributed by atoms with E-state index in [1.165, 1.54) is 0 Å². The molecule has 1 aliphatic heterocycles. The molecule has 1 N–H and O–H groups in total. The molecule has 1 aromatic carbocycles. The van der Waals surface area contributed by atoms with E-state index in [1.807, 2.05) is 19.9 Å². The van der Waals surface area contributed by atoms with Crippen LogP contribution in [0.3, 0.4) is 0 Å². The highest BCUT2D eigenvalue weighted by atomic mass is 35.5. The molecule has 0 spiro atoms. The molecule has 0 radical (unpaired) electrons. The number of rotatable bonds is 1. The Hall–Kier alpha value is -1.55. The highest BCUT2D eigenvalue weighted by Gasteiger charge is 2.51. The molecule has 1 saturated carbocycles. The number of anilines is 1. The van der Waals surface area contributed by atoms with Crippen molar-refractivity contribution in [3.8, 4) is 0 Å². The molecule has 136 valence electrons. The number of nitrogens with one attached hydrogen (secondary N) is 1. The number of hydrogen-bond donors (Lipinski definition) is 1. The van der Waals surface area contributed by atoms with Gasteiger partial charge >= 0.3 is 11.8 Å². The van der Waals surface area contributed by atoms with Crippen LogP contribution >= 0.6 is 11.6 Å². The van der Waals surface area contributed by atoms with Crippen LogP contribution in [-0.2, 0) is 9.59 Å². The molecular weight excluding hydrogens is 336 g/mol. The zero-order chi connectivity index (χ0) is 18.6. The second-order valence-electron chi connectivity index (χ2n) is 9.04. The molecule has 2 amide bonds. The average molecular weight is 363 g/mol. The summed E-state index contributed by atoms with van der Waals surface area (Å²) < 4.78 is 0. The molecule has 25 heavy (non-hydrogen) atoms. The normalized spacial score (nSPS) is 27.3. The number of nitrogens with zero attached hydrogens (tertiary/aromatic N) is 1. The van der Waals surface area contributed by atoms with Crippen LogP contribution in [0.5, 0.6) is 0 Å². The summed E-state index contributed by atoms with van der Waals surface area (Å²) in [7, 11) is 0. The Kier molecular flexibility index (Phi) is 4.39. The highest BCUT2D eigenvalue weighted by molar-refractivity contribution is 6.41. The number of halogens is 1. The van der Waals surface area contributed by atoms with Crippen molar-refractivity contribution in [2.75, 3.05) is 11.9 Å². The SMILES string of the molecule is Cc1cc(C)c(NC(=O)C(=O)N2CC3(C)CC2CC(C)(C)C3)c(Cl)c1. The van der Waals surface area contributed by atoms with Gasteiger partial charge < -0.3 is 10.2 Å². The molecule has 2 atom stereocenters. The summed E-state index contributed by atoms with van der Waals surface area (Å²) in [6.45, 7) is 11.2. The molecule has 2 unspecified atom stereocenters. The van der Waals surface area contributed by atoms with Gasteiger partial charge in [0.15, 0.2) is 0 Å². The smallest absolute Gasteiger partial charge is 0.313 e. The Morgan fingerprint density at radius 2 is 1.88 bits per heavy atom. The van der Waals surface area contributed by atoms with Gasteiger partial charge in [-0.1, -0.05) is 38.4 Å². The molecule has 2 aliphatic rings. The van der Waals surface area contributed by atoms with E-state index in [1.54, 1.807) is 11.0 Å². The number of carbonyl (C=O) groups excluding carboxylic acids is 2. The maximum Gasteiger partial charge on any atom is 0.313 e. The monoisotopic (exact) mass is 362 g/mol. The first-order valence-corrected chi connectivity index (χ1v) is 9.26. The van der Waals surface area contributed by atoms with Gasteiger partial charge in [0.1, 0.15) is 0 Å². The minimum atomic E-state index is -0.595. The third-order valence-corrected chi connectivity index (χ3v) is 5.84. The van der Waals surface area contributed by atoms with Crippen LogP contribution in [0, 0.1) is 24.7 Å². The van der Waals surface area contributed by atoms with Crippen molar-refractivity contribution >= 4 is 29.1 Å². The summed E-state index contributed by atoms with van der Waals surface area (Å²) in [6, 6.07) is 3.89. The number of fused-ring (bicyclic) bond motifs is 2. The molecule has 4 nitrogen and oxygen atoms in total. The number of likely N-dealkylation sites (tertiary alicyclic amines) is 1. The lowest BCUT2D eigenvalue weighted by atomic mass is 9.65. The van der Waals surface area contributed by atoms with Gasteiger partial charge in [-0.15, -0.1) is 0 Å². The maximum absolute atomic E-state index is 12.8. The van der Waals surface area contributed by atoms with E-state index in [0.717, 1.165) is 30.4 Å². The van der Waals surface area contributed by atoms with Crippen LogP contribution in [0.15, 0.2) is 12.1 Å². The van der Waals surface area contributed by atoms with Crippen molar-refractivity contribution < 1.29 is 9.59 Å². The topological polar surface area (TPSA) is 49.4 Å². The van der Waals surface area contributed by atoms with Crippen molar-refractivity contribution in [2.24, 2.45) is 10.8 Å². The first-order valence-electron chi connectivity index (χ1n) is 8.88. The second-order valence-corrected chi connectivity index (χ2v) is 9.45. The molecule has 2 bridgehead atoms. The van der Waals surface area contributed by atoms with E-state index < -0.39 is 11.8 Å². The molecular formula is C20H27ClN2O2. The Balaban J connectivity index is 1.77. The summed E-state index contributed by atoms with van der Waals surface area (Å²) >= 11 is 6.25. The first kappa shape index (κ1) is 18.2. The van der Waals surface area contributed by atoms with Gasteiger partial charge in [0.2, 0.25) is 0 Å². The Morgan fingerprint density at radius 1 is 1.20 bits per heavy atom. The third kappa shape index (κ3) is 3.55. The standard InChI is InChI=1S/C20H27ClN2O2/c1-12-6-13(2)16(15(21)7-12)22-17(24)18(25)23-11-20(5)9-14(23)8-19(3,4)10-20/h6-7,14H,8-11H2,1-5H3,(H,22,24). The Labute approximate surface area is 154 Å². The highest BCUT2D eigenvalue weighted by Crippen LogP contribution is 2.52. The lowest BCUT2D eigenvalue weighted by molar-refractivity contribution is -0.144. The number of amides is 2. The van der Waals surface area contributed by atoms with Crippen molar-refractivity contribution in [3.63, 3.8) is 0 Å². The maximum atomic E-state index is 12.8. The van der Waals surface area contributed by atoms with Crippen LogP contribution in [0.4, 0.5) is 5.69 Å². The lowest BCUT2D eigenvalue weighted by Crippen LogP contribution is -2.43. The first-order chi connectivity index (χ1) is 11.5. The fourth-order valence-corrected chi connectivity index (χ4v) is 5.44. The zero-order valence-corrected chi connectivity index (χ0v) is 16.5. The van der Waals surface area contributed by atoms with Crippen LogP contribution in [0.25, 0.3) is 0 Å². The van der Waals surface area contributed by atoms with Gasteiger partial charge in [-0.05, 0) is 61.1 Å². The molecule has 0 aromatic heterocycles. The van der Waals surface area contributed by atoms with Gasteiger partial charge in [0.25, 0.3) is 0 Å². The number of benzene rings is 1. The minimum absolute atomic E-state index is 0.111. The molecule has 1 saturated heterocycles. The Bertz CT molecular complexity index is 720. The van der Waals surface area contributed by atoms with Gasteiger partial charge in [-0.2, -0.15) is 0 Å². The predicted molar refractivity (Wildman–Crippen MR) is 101 cm³/mol. The predicted octanol–water partition coefficient (Wildman–Crippen LogP) is 4.32. The van der Waals surface area contributed by atoms with Gasteiger partial charge in [0.05, 0.1) is 10.7 Å². The van der Waals surface area contributed by atoms with Crippen molar-refractivity contribution in [1.82, 2.24) is 4.90 Å². The molecule has 3 rings (SSSR count). The van der Waals surface area contributed by atoms with Crippen LogP contribution in [-0.4, -0.2) is 29.3 Å². The largest absolute Gasteiger partial charge is 0.331 e. The summed E-state index contributed by atoms with van der Waals surface area (Å²) in [6.07, 6.45) is 3.02. The van der Waals surface area contributed by atoms with E-state index in [0.29, 0.717) is 17.3 Å². The summed E-state index contributed by atoms with van der Waals surface area (Å²) in [5.41, 5.74) is 2.73. The van der Waals surface area contributed by atoms with Crippen molar-refractivity contribution in [2.45, 2.75) is 59.9 Å². The fraction of sp³-hybridized carbons (Fsp3) is 0.600. The molecule has 2 fully saturated rings. The van der Waals surface area contributed by atoms with E-state index in [4.69, 9.17) is 11.6 Å². The van der Waals surface area contributed by atoms with Gasteiger partial charge in [-0.3, -0.25) is 9.59 Å². The van der Waals surface area contributed by atoms with Crippen LogP contribution in [0.1, 0.15) is 51.2 Å². The van der Waals surface area contributed by atoms with Gasteiger partial charge in [0, 0.05) is 12.6 Å². The molecule has 1 aliphatic carbocycles. The number of aryl methyl sites for hydroxylation is 2. The van der Waals surface area contributed by atoms with Crippen LogP contribution in [0.2, 0.25) is 5.02 Å². The number of carbonyl (C=O) groups is 2. The fourth-order valence-electron chi connectivity index (χ4n) is 5.07. The van der Waals surface area contributed by atoms with Crippen molar-refractivity contribution in [1.29, 1.82) is 0 Å². The molecule has 1 heterocycles. The number of hydrogen-bond acceptors (Lipinski definition) is 2. The zero-order valence-electron chi connectivity index (χ0n) is 15.7. The van der Waals surface area contributed by atoms with Crippen molar-refractivity contribution in [3.05, 3.63) is 28.3 Å². The van der Waals surface area contributed by atoms with Crippen LogP contribution < -0.4 is 5.32 Å². The van der Waals surface area contributed by atoms with E-state index in [2.05, 4.69) is 26.1 Å². The van der Waals surface area contributed by atoms with E-state index in [-0.39, 0.29) is 16.9 Å². The summed E-state index contributed by atoms with van der Waals surface area (Å²) in [5, 5.41) is 3.20. The lowest BCUT2D eigenvalue weighted by Gasteiger charge is -2.39. The quantitative estimate of drug-likeness (QED) is 0.756. The summed E-state index contributed by atoms with van der Waals surface area (Å²) in [5.74, 6) is -1.04. The summed E-state index contributed by atoms with van der Waals surface area (Å²) in [4.78, 5) is 27.2. The molecule has 5 heteroatoms. The molecule has 1 aromatic rings. The van der Waals surface area contributed by atoms with E-state index >= 15 is 0 Å². The van der Waals surface area contributed by atoms with E-state index in [9.17, 15) is 9.59 Å². The average Bonchev–Trinajstić information content (AvgIpc) is 2.70. The third-order valence-electron chi connectivity index (χ3n) is 5.54.